The van der Waals surface area contributed by atoms with Gasteiger partial charge in [-0.1, -0.05) is 84.1 Å². The molecule has 0 aliphatic heterocycles. The summed E-state index contributed by atoms with van der Waals surface area (Å²) in [4.78, 5) is 24.6. The molecular weight excluding hydrogens is 348 g/mol. The van der Waals surface area contributed by atoms with E-state index < -0.39 is 5.41 Å². The van der Waals surface area contributed by atoms with E-state index in [1.165, 1.54) is 0 Å². The Balaban J connectivity index is 2.31. The maximum absolute atomic E-state index is 12.6. The maximum Gasteiger partial charge on any atom is 0.225 e. The summed E-state index contributed by atoms with van der Waals surface area (Å²) in [6.45, 7) is 13.7. The highest BCUT2D eigenvalue weighted by atomic mass is 16.2. The van der Waals surface area contributed by atoms with E-state index in [1.807, 2.05) is 56.4 Å². The number of hydrogen-bond acceptors (Lipinski definition) is 2. The number of carbonyl (C=O) groups excluding carboxylic acids is 2. The highest BCUT2D eigenvalue weighted by molar-refractivity contribution is 5.82. The van der Waals surface area contributed by atoms with Gasteiger partial charge in [-0.25, -0.2) is 0 Å². The van der Waals surface area contributed by atoms with E-state index in [-0.39, 0.29) is 17.2 Å². The number of rotatable bonds is 10. The summed E-state index contributed by atoms with van der Waals surface area (Å²) in [6.07, 6.45) is 15.9. The highest BCUT2D eigenvalue weighted by Crippen LogP contribution is 2.39. The fraction of sp³-hybridized carbons (Fsp3) is 0.583. The minimum atomic E-state index is -0.434. The van der Waals surface area contributed by atoms with E-state index in [0.717, 1.165) is 12.0 Å². The smallest absolute Gasteiger partial charge is 0.225 e. The van der Waals surface area contributed by atoms with Gasteiger partial charge in [-0.3, -0.25) is 9.59 Å². The molecule has 4 nitrogen and oxygen atoms in total. The van der Waals surface area contributed by atoms with Crippen LogP contribution in [0.15, 0.2) is 48.1 Å². The predicted octanol–water partition coefficient (Wildman–Crippen LogP) is 4.71. The molecule has 1 aliphatic rings. The molecule has 28 heavy (non-hydrogen) atoms. The molecule has 0 spiro atoms. The molecule has 2 amide bonds. The van der Waals surface area contributed by atoms with Gasteiger partial charge in [0.2, 0.25) is 11.8 Å². The van der Waals surface area contributed by atoms with E-state index in [2.05, 4.69) is 38.3 Å². The van der Waals surface area contributed by atoms with Crippen molar-refractivity contribution in [1.29, 1.82) is 0 Å². The van der Waals surface area contributed by atoms with Crippen LogP contribution in [0, 0.1) is 16.7 Å². The fourth-order valence-electron chi connectivity index (χ4n) is 3.16. The van der Waals surface area contributed by atoms with Crippen molar-refractivity contribution in [2.75, 3.05) is 13.1 Å². The Hall–Kier alpha value is -2.10. The average Bonchev–Trinajstić information content (AvgIpc) is 2.56. The molecule has 0 saturated heterocycles. The summed E-state index contributed by atoms with van der Waals surface area (Å²) >= 11 is 0. The third kappa shape index (κ3) is 8.73. The van der Waals surface area contributed by atoms with Gasteiger partial charge in [-0.15, -0.1) is 0 Å². The monoisotopic (exact) mass is 386 g/mol. The highest BCUT2D eigenvalue weighted by Gasteiger charge is 2.36. The van der Waals surface area contributed by atoms with Crippen molar-refractivity contribution in [2.45, 2.75) is 60.8 Å². The Morgan fingerprint density at radius 1 is 0.929 bits per heavy atom. The standard InChI is InChI=1S/C24H38N2O2/c1-19(2)23(3,4)18-24(5,6)22(28)26-17-16-25-21(27)15-14-20-12-10-8-7-9-11-13-20/h7-13,19H,14-18H2,1-6H3,(H,25,27)(H,26,28)/b8-7-,9-7?,10-8?,11-9-,12-10-,13-11?,20-12?,20-13+. The Labute approximate surface area is 171 Å². The van der Waals surface area contributed by atoms with E-state index in [4.69, 9.17) is 0 Å². The largest absolute Gasteiger partial charge is 0.354 e. The Morgan fingerprint density at radius 3 is 2.21 bits per heavy atom. The van der Waals surface area contributed by atoms with Crippen molar-refractivity contribution in [2.24, 2.45) is 16.7 Å². The second-order valence-electron chi connectivity index (χ2n) is 9.18. The van der Waals surface area contributed by atoms with Gasteiger partial charge in [0, 0.05) is 24.9 Å². The van der Waals surface area contributed by atoms with Crippen LogP contribution in [0.5, 0.6) is 0 Å². The molecule has 4 heteroatoms. The molecule has 156 valence electrons. The van der Waals surface area contributed by atoms with Crippen LogP contribution in [0.25, 0.3) is 0 Å². The summed E-state index contributed by atoms with van der Waals surface area (Å²) in [5.74, 6) is 0.554. The first kappa shape index (κ1) is 23.9. The van der Waals surface area contributed by atoms with Crippen LogP contribution in [-0.2, 0) is 9.59 Å². The second-order valence-corrected chi connectivity index (χ2v) is 9.18. The molecule has 0 aromatic heterocycles. The van der Waals surface area contributed by atoms with Crippen LogP contribution in [0.4, 0.5) is 0 Å². The predicted molar refractivity (Wildman–Crippen MR) is 118 cm³/mol. The van der Waals surface area contributed by atoms with Gasteiger partial charge in [0.1, 0.15) is 0 Å². The van der Waals surface area contributed by atoms with Gasteiger partial charge in [-0.2, -0.15) is 0 Å². The Morgan fingerprint density at radius 2 is 1.54 bits per heavy atom. The van der Waals surface area contributed by atoms with Crippen LogP contribution < -0.4 is 10.6 Å². The summed E-state index contributed by atoms with van der Waals surface area (Å²) in [5, 5.41) is 5.85. The number of hydrogen-bond donors (Lipinski definition) is 2. The molecule has 1 aliphatic carbocycles. The lowest BCUT2D eigenvalue weighted by Crippen LogP contribution is -2.43. The van der Waals surface area contributed by atoms with Crippen LogP contribution in [0.1, 0.15) is 60.8 Å². The Kier molecular flexibility index (Phi) is 9.44. The third-order valence-corrected chi connectivity index (χ3v) is 5.51. The van der Waals surface area contributed by atoms with Crippen molar-refractivity contribution >= 4 is 11.8 Å². The molecule has 2 N–H and O–H groups in total. The quantitative estimate of drug-likeness (QED) is 0.534. The molecule has 0 unspecified atom stereocenters. The first-order chi connectivity index (χ1) is 13.0. The van der Waals surface area contributed by atoms with Gasteiger partial charge >= 0.3 is 0 Å². The molecule has 0 saturated carbocycles. The van der Waals surface area contributed by atoms with E-state index in [0.29, 0.717) is 31.8 Å². The third-order valence-electron chi connectivity index (χ3n) is 5.51. The minimum absolute atomic E-state index is 0.00494. The fourth-order valence-corrected chi connectivity index (χ4v) is 3.16. The van der Waals surface area contributed by atoms with Crippen molar-refractivity contribution in [3.05, 3.63) is 48.1 Å². The van der Waals surface area contributed by atoms with Crippen LogP contribution in [0.2, 0.25) is 0 Å². The number of allylic oxidation sites excluding steroid dienone is 8. The summed E-state index contributed by atoms with van der Waals surface area (Å²) in [6, 6.07) is 0. The zero-order chi connectivity index (χ0) is 21.2. The zero-order valence-electron chi connectivity index (χ0n) is 18.5. The average molecular weight is 387 g/mol. The van der Waals surface area contributed by atoms with E-state index in [9.17, 15) is 9.59 Å². The lowest BCUT2D eigenvalue weighted by molar-refractivity contribution is -0.131. The van der Waals surface area contributed by atoms with Crippen molar-refractivity contribution < 1.29 is 9.59 Å². The molecule has 0 bridgehead atoms. The van der Waals surface area contributed by atoms with Gasteiger partial charge in [0.05, 0.1) is 0 Å². The maximum atomic E-state index is 12.6. The Bertz CT molecular complexity index is 650. The molecule has 0 aromatic rings. The molecule has 0 aromatic carbocycles. The summed E-state index contributed by atoms with van der Waals surface area (Å²) in [5.41, 5.74) is 0.787. The topological polar surface area (TPSA) is 58.2 Å². The summed E-state index contributed by atoms with van der Waals surface area (Å²) in [7, 11) is 0. The lowest BCUT2D eigenvalue weighted by Gasteiger charge is -2.37. The number of carbonyl (C=O) groups is 2. The van der Waals surface area contributed by atoms with Crippen LogP contribution in [-0.4, -0.2) is 24.9 Å². The summed E-state index contributed by atoms with van der Waals surface area (Å²) < 4.78 is 0. The van der Waals surface area contributed by atoms with Gasteiger partial charge in [0.25, 0.3) is 0 Å². The first-order valence-corrected chi connectivity index (χ1v) is 10.3. The molecule has 0 heterocycles. The van der Waals surface area contributed by atoms with E-state index in [1.54, 1.807) is 0 Å². The lowest BCUT2D eigenvalue weighted by atomic mass is 9.69. The van der Waals surface area contributed by atoms with Crippen molar-refractivity contribution in [1.82, 2.24) is 10.6 Å². The number of amides is 2. The SMILES string of the molecule is CC(C)C(C)(C)CC(C)(C)C(=O)NCCNC(=O)CCC1=C/C=C\C=C/C=C\1. The molecule has 0 fully saturated rings. The normalized spacial score (nSPS) is 19.8. The first-order valence-electron chi connectivity index (χ1n) is 10.3. The zero-order valence-corrected chi connectivity index (χ0v) is 18.5. The van der Waals surface area contributed by atoms with Crippen LogP contribution >= 0.6 is 0 Å². The van der Waals surface area contributed by atoms with Gasteiger partial charge in [0.15, 0.2) is 0 Å². The second kappa shape index (κ2) is 11.0. The van der Waals surface area contributed by atoms with Gasteiger partial charge < -0.3 is 10.6 Å². The van der Waals surface area contributed by atoms with Crippen molar-refractivity contribution in [3.63, 3.8) is 0 Å². The molecular formula is C24H38N2O2. The number of nitrogens with one attached hydrogen (secondary N) is 2. The van der Waals surface area contributed by atoms with E-state index >= 15 is 0 Å². The van der Waals surface area contributed by atoms with Crippen molar-refractivity contribution in [3.8, 4) is 0 Å². The van der Waals surface area contributed by atoms with Crippen LogP contribution in [0.3, 0.4) is 0 Å². The molecule has 0 radical (unpaired) electrons. The molecule has 0 atom stereocenters. The minimum Gasteiger partial charge on any atom is -0.354 e. The molecule has 1 rings (SSSR count). The van der Waals surface area contributed by atoms with Gasteiger partial charge in [-0.05, 0) is 29.7 Å².